The van der Waals surface area contributed by atoms with Crippen LogP contribution in [0.3, 0.4) is 0 Å². The molecular weight excluding hydrogens is 326 g/mol. The summed E-state index contributed by atoms with van der Waals surface area (Å²) in [4.78, 5) is 25.4. The number of aryl methyl sites for hydroxylation is 3. The van der Waals surface area contributed by atoms with Crippen molar-refractivity contribution in [2.75, 3.05) is 30.8 Å². The van der Waals surface area contributed by atoms with Crippen molar-refractivity contribution in [1.82, 2.24) is 0 Å². The summed E-state index contributed by atoms with van der Waals surface area (Å²) < 4.78 is 0. The molecule has 1 unspecified atom stereocenters. The van der Waals surface area contributed by atoms with Gasteiger partial charge in [-0.3, -0.25) is 9.59 Å². The molecule has 0 fully saturated rings. The number of carbonyl (C=O) groups excluding carboxylic acids is 2. The van der Waals surface area contributed by atoms with Crippen LogP contribution < -0.4 is 15.5 Å². The van der Waals surface area contributed by atoms with Gasteiger partial charge in [0.2, 0.25) is 0 Å². The van der Waals surface area contributed by atoms with Crippen LogP contribution in [-0.2, 0) is 16.0 Å². The summed E-state index contributed by atoms with van der Waals surface area (Å²) in [5.74, 6) is -0.194. The fourth-order valence-corrected chi connectivity index (χ4v) is 2.82. The van der Waals surface area contributed by atoms with E-state index in [1.807, 2.05) is 63.4 Å². The number of carbonyl (C=O) groups is 2. The van der Waals surface area contributed by atoms with Gasteiger partial charge in [-0.15, -0.1) is 0 Å². The van der Waals surface area contributed by atoms with E-state index in [2.05, 4.69) is 17.6 Å². The molecule has 0 aliphatic rings. The summed E-state index contributed by atoms with van der Waals surface area (Å²) in [7, 11) is 1.84. The molecule has 0 saturated carbocycles. The number of hydrogen-bond acceptors (Lipinski definition) is 2. The normalized spacial score (nSPS) is 11.7. The number of para-hydroxylation sites is 1. The van der Waals surface area contributed by atoms with Gasteiger partial charge in [0.25, 0.3) is 11.8 Å². The van der Waals surface area contributed by atoms with Gasteiger partial charge in [-0.1, -0.05) is 37.3 Å². The molecule has 0 aromatic heterocycles. The number of nitrogens with one attached hydrogen (secondary N) is 3. The Morgan fingerprint density at radius 1 is 0.923 bits per heavy atom. The lowest BCUT2D eigenvalue weighted by Crippen LogP contribution is -3.11. The van der Waals surface area contributed by atoms with Crippen LogP contribution in [0, 0.1) is 13.8 Å². The van der Waals surface area contributed by atoms with Crippen LogP contribution in [0.5, 0.6) is 0 Å². The highest BCUT2D eigenvalue weighted by atomic mass is 16.2. The second-order valence-electron chi connectivity index (χ2n) is 6.74. The Kier molecular flexibility index (Phi) is 6.92. The molecule has 0 aliphatic heterocycles. The first-order valence-corrected chi connectivity index (χ1v) is 8.95. The smallest absolute Gasteiger partial charge is 0.279 e. The van der Waals surface area contributed by atoms with Gasteiger partial charge in [-0.2, -0.15) is 0 Å². The third kappa shape index (κ3) is 5.70. The van der Waals surface area contributed by atoms with Crippen molar-refractivity contribution in [2.45, 2.75) is 27.2 Å². The Labute approximate surface area is 155 Å². The molecule has 0 saturated heterocycles. The lowest BCUT2D eigenvalue weighted by molar-refractivity contribution is -0.862. The van der Waals surface area contributed by atoms with Crippen LogP contribution >= 0.6 is 0 Å². The first kappa shape index (κ1) is 19.7. The van der Waals surface area contributed by atoms with Gasteiger partial charge in [0.05, 0.1) is 7.05 Å². The average Bonchev–Trinajstić information content (AvgIpc) is 2.58. The van der Waals surface area contributed by atoms with Gasteiger partial charge >= 0.3 is 0 Å². The van der Waals surface area contributed by atoms with E-state index in [-0.39, 0.29) is 24.9 Å². The summed E-state index contributed by atoms with van der Waals surface area (Å²) in [5, 5.41) is 5.87. The van der Waals surface area contributed by atoms with Gasteiger partial charge in [0.15, 0.2) is 13.1 Å². The van der Waals surface area contributed by atoms with E-state index in [0.29, 0.717) is 0 Å². The molecule has 1 atom stereocenters. The number of benzene rings is 2. The number of anilines is 2. The van der Waals surface area contributed by atoms with Gasteiger partial charge < -0.3 is 15.5 Å². The first-order valence-electron chi connectivity index (χ1n) is 8.95. The summed E-state index contributed by atoms with van der Waals surface area (Å²) in [6, 6.07) is 13.7. The molecular formula is C21H28N3O2+. The third-order valence-corrected chi connectivity index (χ3v) is 4.26. The van der Waals surface area contributed by atoms with Crippen molar-refractivity contribution in [1.29, 1.82) is 0 Å². The second-order valence-corrected chi connectivity index (χ2v) is 6.74. The Morgan fingerprint density at radius 3 is 2.19 bits per heavy atom. The molecule has 0 heterocycles. The minimum Gasteiger partial charge on any atom is -0.322 e. The molecule has 2 rings (SSSR count). The Bertz CT molecular complexity index is 787. The number of amides is 2. The third-order valence-electron chi connectivity index (χ3n) is 4.26. The van der Waals surface area contributed by atoms with Crippen molar-refractivity contribution in [3.8, 4) is 0 Å². The maximum atomic E-state index is 12.3. The maximum absolute atomic E-state index is 12.3. The van der Waals surface area contributed by atoms with Gasteiger partial charge in [-0.25, -0.2) is 0 Å². The molecule has 2 amide bonds. The monoisotopic (exact) mass is 354 g/mol. The number of likely N-dealkylation sites (N-methyl/N-ethyl adjacent to an activating group) is 1. The van der Waals surface area contributed by atoms with Crippen LogP contribution in [0.25, 0.3) is 0 Å². The molecule has 2 aromatic carbocycles. The van der Waals surface area contributed by atoms with E-state index in [9.17, 15) is 9.59 Å². The lowest BCUT2D eigenvalue weighted by atomic mass is 10.1. The Morgan fingerprint density at radius 2 is 1.54 bits per heavy atom. The van der Waals surface area contributed by atoms with Gasteiger partial charge in [-0.05, 0) is 49.1 Å². The van der Waals surface area contributed by atoms with E-state index in [1.54, 1.807) is 0 Å². The van der Waals surface area contributed by atoms with Crippen LogP contribution in [0.2, 0.25) is 0 Å². The summed E-state index contributed by atoms with van der Waals surface area (Å²) >= 11 is 0. The zero-order chi connectivity index (χ0) is 19.1. The zero-order valence-electron chi connectivity index (χ0n) is 16.0. The molecule has 0 spiro atoms. The summed E-state index contributed by atoms with van der Waals surface area (Å²) in [6.07, 6.45) is 0.859. The van der Waals surface area contributed by atoms with E-state index < -0.39 is 0 Å². The van der Waals surface area contributed by atoms with Crippen molar-refractivity contribution in [3.63, 3.8) is 0 Å². The fraction of sp³-hybridized carbons (Fsp3) is 0.333. The van der Waals surface area contributed by atoms with Crippen molar-refractivity contribution < 1.29 is 14.5 Å². The molecule has 0 aliphatic carbocycles. The highest BCUT2D eigenvalue weighted by Gasteiger charge is 2.15. The van der Waals surface area contributed by atoms with Gasteiger partial charge in [0, 0.05) is 11.4 Å². The van der Waals surface area contributed by atoms with Gasteiger partial charge in [0.1, 0.15) is 0 Å². The molecule has 138 valence electrons. The summed E-state index contributed by atoms with van der Waals surface area (Å²) in [5.41, 5.74) is 4.89. The average molecular weight is 354 g/mol. The molecule has 5 nitrogen and oxygen atoms in total. The predicted octanol–water partition coefficient (Wildman–Crippen LogP) is 1.96. The quantitative estimate of drug-likeness (QED) is 0.712. The number of rotatable bonds is 7. The Balaban J connectivity index is 1.87. The number of quaternary nitrogens is 1. The molecule has 5 heteroatoms. The largest absolute Gasteiger partial charge is 0.322 e. The van der Waals surface area contributed by atoms with E-state index >= 15 is 0 Å². The number of hydrogen-bond donors (Lipinski definition) is 3. The van der Waals surface area contributed by atoms with Crippen LogP contribution in [0.1, 0.15) is 23.6 Å². The van der Waals surface area contributed by atoms with Crippen LogP contribution in [0.4, 0.5) is 11.4 Å². The molecule has 26 heavy (non-hydrogen) atoms. The molecule has 2 aromatic rings. The molecule has 0 bridgehead atoms. The van der Waals surface area contributed by atoms with Crippen LogP contribution in [-0.4, -0.2) is 32.0 Å². The molecule has 0 radical (unpaired) electrons. The van der Waals surface area contributed by atoms with Crippen molar-refractivity contribution in [3.05, 3.63) is 59.2 Å². The van der Waals surface area contributed by atoms with Crippen LogP contribution in [0.15, 0.2) is 42.5 Å². The standard InChI is InChI=1S/C21H27N3O2/c1-5-17-8-6-7-9-18(17)22-20(25)13-24(4)14-21(26)23-19-12-15(2)10-11-16(19)3/h6-12H,5,13-14H2,1-4H3,(H,22,25)(H,23,26)/p+1. The SMILES string of the molecule is CCc1ccccc1NC(=O)C[NH+](C)CC(=O)Nc1cc(C)ccc1C. The topological polar surface area (TPSA) is 62.6 Å². The second kappa shape index (κ2) is 9.15. The predicted molar refractivity (Wildman–Crippen MR) is 106 cm³/mol. The molecule has 3 N–H and O–H groups in total. The zero-order valence-corrected chi connectivity index (χ0v) is 16.0. The highest BCUT2D eigenvalue weighted by Crippen LogP contribution is 2.16. The fourth-order valence-electron chi connectivity index (χ4n) is 2.82. The van der Waals surface area contributed by atoms with Crippen molar-refractivity contribution in [2.24, 2.45) is 0 Å². The minimum absolute atomic E-state index is 0.0945. The van der Waals surface area contributed by atoms with E-state index in [4.69, 9.17) is 0 Å². The first-order chi connectivity index (χ1) is 12.4. The highest BCUT2D eigenvalue weighted by molar-refractivity contribution is 5.94. The van der Waals surface area contributed by atoms with E-state index in [0.717, 1.165) is 39.4 Å². The maximum Gasteiger partial charge on any atom is 0.279 e. The van der Waals surface area contributed by atoms with E-state index in [1.165, 1.54) is 0 Å². The summed E-state index contributed by atoms with van der Waals surface area (Å²) in [6.45, 7) is 6.48. The minimum atomic E-state index is -0.0991. The van der Waals surface area contributed by atoms with Crippen molar-refractivity contribution >= 4 is 23.2 Å². The lowest BCUT2D eigenvalue weighted by Gasteiger charge is -2.15. The Hall–Kier alpha value is -2.66.